The van der Waals surface area contributed by atoms with Crippen molar-refractivity contribution in [3.63, 3.8) is 0 Å². The Morgan fingerprint density at radius 2 is 1.61 bits per heavy atom. The van der Waals surface area contributed by atoms with Gasteiger partial charge in [0.05, 0.1) is 11.8 Å². The molecule has 1 aliphatic heterocycles. The van der Waals surface area contributed by atoms with Crippen molar-refractivity contribution in [1.82, 2.24) is 4.90 Å². The van der Waals surface area contributed by atoms with Gasteiger partial charge < -0.3 is 9.64 Å². The zero-order valence-electron chi connectivity index (χ0n) is 19.9. The van der Waals surface area contributed by atoms with E-state index < -0.39 is 39.0 Å². The third-order valence-electron chi connectivity index (χ3n) is 6.62. The van der Waals surface area contributed by atoms with Crippen LogP contribution in [0.25, 0.3) is 11.1 Å². The van der Waals surface area contributed by atoms with Gasteiger partial charge in [-0.3, -0.25) is 0 Å². The highest BCUT2D eigenvalue weighted by atomic mass is 32.2. The monoisotopic (exact) mass is 517 g/mol. The van der Waals surface area contributed by atoms with Crippen LogP contribution in [0.1, 0.15) is 36.9 Å². The van der Waals surface area contributed by atoms with Crippen LogP contribution in [0.2, 0.25) is 0 Å². The summed E-state index contributed by atoms with van der Waals surface area (Å²) in [5.41, 5.74) is 0.972. The van der Waals surface area contributed by atoms with E-state index in [1.807, 2.05) is 6.92 Å². The molecule has 36 heavy (non-hydrogen) atoms. The number of benzene rings is 3. The summed E-state index contributed by atoms with van der Waals surface area (Å²) in [4.78, 5) is 14.7. The number of ether oxygens (including phenoxy) is 1. The maximum atomic E-state index is 14.1. The Morgan fingerprint density at radius 1 is 0.972 bits per heavy atom. The van der Waals surface area contributed by atoms with Crippen molar-refractivity contribution in [1.29, 1.82) is 0 Å². The normalized spacial score (nSPS) is 19.1. The molecule has 3 aromatic carbocycles. The Kier molecular flexibility index (Phi) is 7.13. The van der Waals surface area contributed by atoms with Crippen molar-refractivity contribution in [2.24, 2.45) is 0 Å². The molecular formula is C27H26F3NO4S. The minimum absolute atomic E-state index is 0.0589. The molecule has 0 radical (unpaired) electrons. The molecule has 0 aliphatic carbocycles. The lowest BCUT2D eigenvalue weighted by molar-refractivity contribution is -0.0623. The van der Waals surface area contributed by atoms with Gasteiger partial charge in [-0.05, 0) is 47.9 Å². The molecule has 1 amide bonds. The number of amides is 1. The molecule has 1 aliphatic rings. The van der Waals surface area contributed by atoms with E-state index in [1.54, 1.807) is 24.3 Å². The topological polar surface area (TPSA) is 63.7 Å². The van der Waals surface area contributed by atoms with Gasteiger partial charge >= 0.3 is 6.09 Å². The van der Waals surface area contributed by atoms with E-state index in [9.17, 15) is 26.4 Å². The Hall–Kier alpha value is -3.33. The van der Waals surface area contributed by atoms with Crippen molar-refractivity contribution in [3.8, 4) is 11.1 Å². The lowest BCUT2D eigenvalue weighted by Crippen LogP contribution is -2.49. The molecule has 190 valence electrons. The number of halogens is 3. The SMILES string of the molecule is C[C@@H](c1ccc(-c2ccc(F)cc2F)cc1)N1CC[C@](CCS(C)(=O)=O)(c2ccc(F)cc2)OC1=O. The van der Waals surface area contributed by atoms with E-state index in [2.05, 4.69) is 0 Å². The highest BCUT2D eigenvalue weighted by Gasteiger charge is 2.44. The summed E-state index contributed by atoms with van der Waals surface area (Å²) in [6, 6.07) is 15.5. The molecule has 0 N–H and O–H groups in total. The largest absolute Gasteiger partial charge is 0.438 e. The standard InChI is InChI=1S/C27H26F3NO4S/c1-18(19-3-5-20(6-4-19)24-12-11-23(29)17-25(24)30)31-15-13-27(35-26(31)32,14-16-36(2,33)34)21-7-9-22(28)10-8-21/h3-12,17-18H,13-16H2,1-2H3/t18-,27-/m0/s1. The zero-order valence-corrected chi connectivity index (χ0v) is 20.7. The number of cyclic esters (lactones) is 1. The Bertz CT molecular complexity index is 1360. The molecular weight excluding hydrogens is 491 g/mol. The van der Waals surface area contributed by atoms with Gasteiger partial charge in [-0.25, -0.2) is 26.4 Å². The number of hydrogen-bond donors (Lipinski definition) is 0. The fourth-order valence-corrected chi connectivity index (χ4v) is 5.19. The first-order valence-corrected chi connectivity index (χ1v) is 13.5. The minimum Gasteiger partial charge on any atom is -0.438 e. The van der Waals surface area contributed by atoms with E-state index in [-0.39, 0.29) is 30.3 Å². The Morgan fingerprint density at radius 3 is 2.19 bits per heavy atom. The molecule has 0 saturated carbocycles. The minimum atomic E-state index is -3.33. The fraction of sp³-hybridized carbons (Fsp3) is 0.296. The molecule has 1 saturated heterocycles. The number of carbonyl (C=O) groups is 1. The van der Waals surface area contributed by atoms with Gasteiger partial charge in [0.15, 0.2) is 0 Å². The fourth-order valence-electron chi connectivity index (χ4n) is 4.49. The van der Waals surface area contributed by atoms with E-state index in [0.717, 1.165) is 17.9 Å². The van der Waals surface area contributed by atoms with Crippen LogP contribution in [0, 0.1) is 17.5 Å². The molecule has 0 aromatic heterocycles. The van der Waals surface area contributed by atoms with Gasteiger partial charge in [-0.2, -0.15) is 0 Å². The second kappa shape index (κ2) is 9.97. The Balaban J connectivity index is 1.54. The average Bonchev–Trinajstić information content (AvgIpc) is 2.83. The number of hydrogen-bond acceptors (Lipinski definition) is 4. The quantitative estimate of drug-likeness (QED) is 0.385. The van der Waals surface area contributed by atoms with Crippen LogP contribution in [-0.2, 0) is 20.2 Å². The summed E-state index contributed by atoms with van der Waals surface area (Å²) in [5, 5.41) is 0. The van der Waals surface area contributed by atoms with Crippen LogP contribution < -0.4 is 0 Å². The van der Waals surface area contributed by atoms with E-state index in [4.69, 9.17) is 4.74 Å². The maximum absolute atomic E-state index is 14.1. The highest BCUT2D eigenvalue weighted by Crippen LogP contribution is 2.40. The highest BCUT2D eigenvalue weighted by molar-refractivity contribution is 7.90. The lowest BCUT2D eigenvalue weighted by Gasteiger charge is -2.43. The molecule has 4 rings (SSSR count). The van der Waals surface area contributed by atoms with Gasteiger partial charge in [0.2, 0.25) is 0 Å². The molecule has 9 heteroatoms. The second-order valence-electron chi connectivity index (χ2n) is 9.11. The van der Waals surface area contributed by atoms with Crippen LogP contribution in [-0.4, -0.2) is 38.0 Å². The predicted octanol–water partition coefficient (Wildman–Crippen LogP) is 6.00. The van der Waals surface area contributed by atoms with Crippen molar-refractivity contribution < 1.29 is 31.1 Å². The molecule has 1 heterocycles. The van der Waals surface area contributed by atoms with Crippen LogP contribution in [0.15, 0.2) is 66.7 Å². The van der Waals surface area contributed by atoms with Gasteiger partial charge in [0.25, 0.3) is 0 Å². The van der Waals surface area contributed by atoms with Crippen LogP contribution >= 0.6 is 0 Å². The van der Waals surface area contributed by atoms with Gasteiger partial charge in [-0.1, -0.05) is 36.4 Å². The summed E-state index contributed by atoms with van der Waals surface area (Å²) in [7, 11) is -3.33. The average molecular weight is 518 g/mol. The summed E-state index contributed by atoms with van der Waals surface area (Å²) in [6.07, 6.45) is 0.887. The number of carbonyl (C=O) groups excluding carboxylic acids is 1. The van der Waals surface area contributed by atoms with E-state index in [1.165, 1.54) is 41.3 Å². The van der Waals surface area contributed by atoms with Gasteiger partial charge in [0, 0.05) is 37.3 Å². The third-order valence-corrected chi connectivity index (χ3v) is 7.57. The van der Waals surface area contributed by atoms with Crippen molar-refractivity contribution in [2.45, 2.75) is 31.4 Å². The lowest BCUT2D eigenvalue weighted by atomic mass is 9.86. The first kappa shape index (κ1) is 25.8. The number of rotatable bonds is 7. The van der Waals surface area contributed by atoms with Gasteiger partial charge in [0.1, 0.15) is 32.9 Å². The van der Waals surface area contributed by atoms with Crippen molar-refractivity contribution >= 4 is 15.9 Å². The molecule has 0 bridgehead atoms. The molecule has 2 atom stereocenters. The van der Waals surface area contributed by atoms with E-state index >= 15 is 0 Å². The van der Waals surface area contributed by atoms with Crippen LogP contribution in [0.4, 0.5) is 18.0 Å². The summed E-state index contributed by atoms with van der Waals surface area (Å²) < 4.78 is 70.5. The number of nitrogens with zero attached hydrogens (tertiary/aromatic N) is 1. The number of sulfone groups is 1. The van der Waals surface area contributed by atoms with Gasteiger partial charge in [-0.15, -0.1) is 0 Å². The molecule has 0 spiro atoms. The maximum Gasteiger partial charge on any atom is 0.411 e. The van der Waals surface area contributed by atoms with Crippen LogP contribution in [0.3, 0.4) is 0 Å². The first-order chi connectivity index (χ1) is 17.0. The second-order valence-corrected chi connectivity index (χ2v) is 11.4. The predicted molar refractivity (Wildman–Crippen MR) is 130 cm³/mol. The van der Waals surface area contributed by atoms with Crippen LogP contribution in [0.5, 0.6) is 0 Å². The Labute approximate surface area is 208 Å². The first-order valence-electron chi connectivity index (χ1n) is 11.5. The molecule has 5 nitrogen and oxygen atoms in total. The smallest absolute Gasteiger partial charge is 0.411 e. The van der Waals surface area contributed by atoms with Crippen molar-refractivity contribution in [2.75, 3.05) is 18.6 Å². The molecule has 3 aromatic rings. The zero-order chi connectivity index (χ0) is 26.1. The van der Waals surface area contributed by atoms with Crippen molar-refractivity contribution in [3.05, 3.63) is 95.3 Å². The van der Waals surface area contributed by atoms with E-state index in [0.29, 0.717) is 17.5 Å². The summed E-state index contributed by atoms with van der Waals surface area (Å²) in [5.74, 6) is -1.95. The molecule has 1 fully saturated rings. The molecule has 0 unspecified atom stereocenters. The third kappa shape index (κ3) is 5.56. The summed E-state index contributed by atoms with van der Waals surface area (Å²) >= 11 is 0. The summed E-state index contributed by atoms with van der Waals surface area (Å²) in [6.45, 7) is 2.12.